The highest BCUT2D eigenvalue weighted by Crippen LogP contribution is 2.28. The molecule has 1 aromatic heterocycles. The predicted molar refractivity (Wildman–Crippen MR) is 87.6 cm³/mol. The van der Waals surface area contributed by atoms with Crippen molar-refractivity contribution in [2.45, 2.75) is 0 Å². The molecule has 1 heterocycles. The Morgan fingerprint density at radius 2 is 1.92 bits per heavy atom. The molecule has 0 amide bonds. The molecule has 0 radical (unpaired) electrons. The van der Waals surface area contributed by atoms with Crippen LogP contribution in [0.1, 0.15) is 10.5 Å². The second-order valence-electron chi connectivity index (χ2n) is 4.92. The monoisotopic (exact) mass is 343 g/mol. The zero-order valence-corrected chi connectivity index (χ0v) is 12.8. The van der Waals surface area contributed by atoms with Gasteiger partial charge in [-0.1, -0.05) is 29.8 Å². The van der Waals surface area contributed by atoms with Crippen molar-refractivity contribution in [1.82, 2.24) is 9.78 Å². The van der Waals surface area contributed by atoms with Crippen molar-refractivity contribution in [1.29, 1.82) is 0 Å². The van der Waals surface area contributed by atoms with E-state index in [-0.39, 0.29) is 11.4 Å². The Labute approximate surface area is 140 Å². The molecular formula is C16H10ClN3O4. The van der Waals surface area contributed by atoms with Crippen LogP contribution >= 0.6 is 11.6 Å². The van der Waals surface area contributed by atoms with Crippen LogP contribution in [0, 0.1) is 10.1 Å². The fourth-order valence-electron chi connectivity index (χ4n) is 2.27. The number of carbonyl (C=O) groups is 1. The van der Waals surface area contributed by atoms with E-state index in [0.29, 0.717) is 22.0 Å². The number of nitro benzene ring substituents is 1. The molecule has 0 atom stereocenters. The first-order valence-electron chi connectivity index (χ1n) is 6.80. The van der Waals surface area contributed by atoms with Crippen molar-refractivity contribution in [2.24, 2.45) is 0 Å². The van der Waals surface area contributed by atoms with Gasteiger partial charge in [0, 0.05) is 22.7 Å². The van der Waals surface area contributed by atoms with Crippen LogP contribution < -0.4 is 0 Å². The summed E-state index contributed by atoms with van der Waals surface area (Å²) in [4.78, 5) is 21.7. The summed E-state index contributed by atoms with van der Waals surface area (Å²) in [6, 6.07) is 14.0. The van der Waals surface area contributed by atoms with Crippen molar-refractivity contribution in [3.05, 3.63) is 75.4 Å². The minimum absolute atomic E-state index is 0.0942. The summed E-state index contributed by atoms with van der Waals surface area (Å²) < 4.78 is 1.40. The van der Waals surface area contributed by atoms with Crippen LogP contribution in [0.15, 0.2) is 54.6 Å². The molecule has 0 saturated heterocycles. The van der Waals surface area contributed by atoms with Crippen molar-refractivity contribution in [3.8, 4) is 16.9 Å². The maximum absolute atomic E-state index is 11.3. The van der Waals surface area contributed by atoms with Crippen LogP contribution in [0.25, 0.3) is 16.9 Å². The molecule has 0 aliphatic carbocycles. The number of non-ortho nitro benzene ring substituents is 1. The number of hydrogen-bond acceptors (Lipinski definition) is 4. The third-order valence-corrected chi connectivity index (χ3v) is 3.57. The molecule has 0 fully saturated rings. The lowest BCUT2D eigenvalue weighted by Crippen LogP contribution is -2.02. The van der Waals surface area contributed by atoms with Gasteiger partial charge in [-0.25, -0.2) is 9.48 Å². The summed E-state index contributed by atoms with van der Waals surface area (Å²) in [6.07, 6.45) is 0. The van der Waals surface area contributed by atoms with Crippen LogP contribution in [0.2, 0.25) is 5.02 Å². The molecule has 0 saturated carbocycles. The Morgan fingerprint density at radius 3 is 2.58 bits per heavy atom. The summed E-state index contributed by atoms with van der Waals surface area (Å²) in [7, 11) is 0. The molecule has 1 N–H and O–H groups in total. The summed E-state index contributed by atoms with van der Waals surface area (Å²) >= 11 is 5.98. The maximum Gasteiger partial charge on any atom is 0.356 e. The van der Waals surface area contributed by atoms with Gasteiger partial charge in [0.1, 0.15) is 0 Å². The first-order valence-corrected chi connectivity index (χ1v) is 7.17. The molecule has 3 aromatic rings. The van der Waals surface area contributed by atoms with E-state index in [9.17, 15) is 20.0 Å². The highest BCUT2D eigenvalue weighted by molar-refractivity contribution is 6.30. The molecule has 0 bridgehead atoms. The topological polar surface area (TPSA) is 98.3 Å². The highest BCUT2D eigenvalue weighted by atomic mass is 35.5. The molecular weight excluding hydrogens is 334 g/mol. The Morgan fingerprint density at radius 1 is 1.17 bits per heavy atom. The number of carboxylic acids is 1. The lowest BCUT2D eigenvalue weighted by atomic mass is 10.1. The quantitative estimate of drug-likeness (QED) is 0.574. The highest BCUT2D eigenvalue weighted by Gasteiger charge is 2.17. The van der Waals surface area contributed by atoms with Crippen LogP contribution in [-0.2, 0) is 0 Å². The van der Waals surface area contributed by atoms with Gasteiger partial charge in [-0.15, -0.1) is 0 Å². The lowest BCUT2D eigenvalue weighted by molar-refractivity contribution is -0.384. The predicted octanol–water partition coefficient (Wildman–Crippen LogP) is 3.80. The van der Waals surface area contributed by atoms with Crippen molar-refractivity contribution < 1.29 is 14.8 Å². The van der Waals surface area contributed by atoms with E-state index >= 15 is 0 Å². The molecule has 0 aliphatic heterocycles. The second-order valence-corrected chi connectivity index (χ2v) is 5.36. The van der Waals surface area contributed by atoms with Crippen LogP contribution in [0.5, 0.6) is 0 Å². The van der Waals surface area contributed by atoms with Gasteiger partial charge in [-0.05, 0) is 24.3 Å². The first-order chi connectivity index (χ1) is 11.5. The normalized spacial score (nSPS) is 10.5. The molecule has 0 unspecified atom stereocenters. The van der Waals surface area contributed by atoms with Gasteiger partial charge in [0.15, 0.2) is 5.69 Å². The van der Waals surface area contributed by atoms with Crippen molar-refractivity contribution in [2.75, 3.05) is 0 Å². The molecule has 120 valence electrons. The standard InChI is InChI=1S/C16H10ClN3O4/c17-11-4-2-5-12(8-11)19-15(9-14(18-19)16(21)22)10-3-1-6-13(7-10)20(23)24/h1-9H,(H,21,22). The molecule has 0 aliphatic rings. The Balaban J connectivity index is 2.22. The van der Waals surface area contributed by atoms with Crippen LogP contribution in [0.3, 0.4) is 0 Å². The number of carboxylic acid groups (broad SMARTS) is 1. The van der Waals surface area contributed by atoms with Crippen molar-refractivity contribution >= 4 is 23.3 Å². The number of benzene rings is 2. The van der Waals surface area contributed by atoms with Crippen LogP contribution in [0.4, 0.5) is 5.69 Å². The van der Waals surface area contributed by atoms with E-state index in [1.165, 1.54) is 28.9 Å². The number of hydrogen-bond donors (Lipinski definition) is 1. The Hall–Kier alpha value is -3.19. The molecule has 3 rings (SSSR count). The summed E-state index contributed by atoms with van der Waals surface area (Å²) in [6.45, 7) is 0. The average molecular weight is 344 g/mol. The summed E-state index contributed by atoms with van der Waals surface area (Å²) in [5.74, 6) is -1.19. The third kappa shape index (κ3) is 2.97. The zero-order valence-electron chi connectivity index (χ0n) is 12.1. The number of nitro groups is 1. The number of aromatic carboxylic acids is 1. The minimum Gasteiger partial charge on any atom is -0.476 e. The van der Waals surface area contributed by atoms with Gasteiger partial charge in [0.05, 0.1) is 16.3 Å². The molecule has 24 heavy (non-hydrogen) atoms. The maximum atomic E-state index is 11.3. The van der Waals surface area contributed by atoms with Crippen LogP contribution in [-0.4, -0.2) is 25.8 Å². The number of aromatic nitrogens is 2. The minimum atomic E-state index is -1.19. The summed E-state index contributed by atoms with van der Waals surface area (Å²) in [5, 5.41) is 24.7. The fourth-order valence-corrected chi connectivity index (χ4v) is 2.46. The van der Waals surface area contributed by atoms with E-state index in [1.54, 1.807) is 30.3 Å². The number of rotatable bonds is 4. The number of halogens is 1. The third-order valence-electron chi connectivity index (χ3n) is 3.33. The van der Waals surface area contributed by atoms with Gasteiger partial charge in [0.2, 0.25) is 0 Å². The van der Waals surface area contributed by atoms with E-state index < -0.39 is 10.9 Å². The average Bonchev–Trinajstić information content (AvgIpc) is 3.00. The summed E-state index contributed by atoms with van der Waals surface area (Å²) in [5.41, 5.74) is 1.18. The van der Waals surface area contributed by atoms with Gasteiger partial charge >= 0.3 is 5.97 Å². The van der Waals surface area contributed by atoms with E-state index in [2.05, 4.69) is 5.10 Å². The van der Waals surface area contributed by atoms with E-state index in [4.69, 9.17) is 11.6 Å². The van der Waals surface area contributed by atoms with Gasteiger partial charge < -0.3 is 5.11 Å². The number of nitrogens with zero attached hydrogens (tertiary/aromatic N) is 3. The largest absolute Gasteiger partial charge is 0.476 e. The zero-order chi connectivity index (χ0) is 17.3. The van der Waals surface area contributed by atoms with E-state index in [1.807, 2.05) is 0 Å². The van der Waals surface area contributed by atoms with Gasteiger partial charge in [0.25, 0.3) is 5.69 Å². The van der Waals surface area contributed by atoms with Gasteiger partial charge in [-0.2, -0.15) is 5.10 Å². The van der Waals surface area contributed by atoms with Gasteiger partial charge in [-0.3, -0.25) is 10.1 Å². The van der Waals surface area contributed by atoms with Crippen molar-refractivity contribution in [3.63, 3.8) is 0 Å². The molecule has 8 heteroatoms. The molecule has 7 nitrogen and oxygen atoms in total. The first kappa shape index (κ1) is 15.7. The Bertz CT molecular complexity index is 952. The molecule has 0 spiro atoms. The Kier molecular flexibility index (Phi) is 4.01. The second kappa shape index (κ2) is 6.13. The lowest BCUT2D eigenvalue weighted by Gasteiger charge is -2.08. The smallest absolute Gasteiger partial charge is 0.356 e. The SMILES string of the molecule is O=C(O)c1cc(-c2cccc([N+](=O)[O-])c2)n(-c2cccc(Cl)c2)n1. The fraction of sp³-hybridized carbons (Fsp3) is 0. The van der Waals surface area contributed by atoms with E-state index in [0.717, 1.165) is 0 Å². The molecule has 2 aromatic carbocycles.